The van der Waals surface area contributed by atoms with Crippen LogP contribution >= 0.6 is 0 Å². The van der Waals surface area contributed by atoms with Crippen molar-refractivity contribution in [3.63, 3.8) is 0 Å². The summed E-state index contributed by atoms with van der Waals surface area (Å²) in [6, 6.07) is 8.12. The van der Waals surface area contributed by atoms with Crippen LogP contribution in [0.4, 0.5) is 0 Å². The molecule has 3 heteroatoms. The van der Waals surface area contributed by atoms with Crippen LogP contribution in [0.15, 0.2) is 24.3 Å². The third-order valence-corrected chi connectivity index (χ3v) is 3.97. The molecule has 0 aromatic heterocycles. The van der Waals surface area contributed by atoms with E-state index in [1.807, 2.05) is 37.9 Å². The molecule has 1 rings (SSSR count). The Morgan fingerprint density at radius 3 is 2.28 bits per heavy atom. The van der Waals surface area contributed by atoms with Crippen molar-refractivity contribution in [2.75, 3.05) is 7.05 Å². The van der Waals surface area contributed by atoms with Crippen molar-refractivity contribution in [3.05, 3.63) is 35.4 Å². The van der Waals surface area contributed by atoms with Gasteiger partial charge in [-0.25, -0.2) is 0 Å². The van der Waals surface area contributed by atoms with Crippen LogP contribution < -0.4 is 0 Å². The van der Waals surface area contributed by atoms with Crippen LogP contribution in [0, 0.1) is 6.92 Å². The Morgan fingerprint density at radius 1 is 1.28 bits per heavy atom. The van der Waals surface area contributed by atoms with Gasteiger partial charge >= 0.3 is 5.97 Å². The second kappa shape index (κ2) is 6.01. The first kappa shape index (κ1) is 14.7. The standard InChI is InChI=1S/C15H23NO2/c1-5-15(6-2,14(17)18)16(4)11-13-10-8-7-9-12(13)3/h7-10H,5-6,11H2,1-4H3,(H,17,18). The van der Waals surface area contributed by atoms with Crippen LogP contribution in [0.1, 0.15) is 37.8 Å². The van der Waals surface area contributed by atoms with E-state index in [4.69, 9.17) is 0 Å². The van der Waals surface area contributed by atoms with Gasteiger partial charge in [-0.3, -0.25) is 9.69 Å². The Kier molecular flexibility index (Phi) is 4.91. The molecular formula is C15H23NO2. The number of carbonyl (C=O) groups is 1. The number of aryl methyl sites for hydroxylation is 1. The van der Waals surface area contributed by atoms with E-state index in [1.54, 1.807) is 0 Å². The molecule has 1 N–H and O–H groups in total. The van der Waals surface area contributed by atoms with Crippen LogP contribution in [-0.4, -0.2) is 28.6 Å². The number of nitrogens with zero attached hydrogens (tertiary/aromatic N) is 1. The van der Waals surface area contributed by atoms with Gasteiger partial charge in [0, 0.05) is 6.54 Å². The first-order valence-corrected chi connectivity index (χ1v) is 6.47. The van der Waals surface area contributed by atoms with Crippen molar-refractivity contribution in [1.29, 1.82) is 0 Å². The number of carboxylic acid groups (broad SMARTS) is 1. The molecule has 1 aromatic carbocycles. The first-order chi connectivity index (χ1) is 8.47. The molecule has 3 nitrogen and oxygen atoms in total. The van der Waals surface area contributed by atoms with Crippen molar-refractivity contribution in [2.24, 2.45) is 0 Å². The first-order valence-electron chi connectivity index (χ1n) is 6.47. The number of carboxylic acids is 1. The van der Waals surface area contributed by atoms with Crippen molar-refractivity contribution in [2.45, 2.75) is 45.7 Å². The van der Waals surface area contributed by atoms with Crippen LogP contribution in [0.3, 0.4) is 0 Å². The van der Waals surface area contributed by atoms with Crippen LogP contribution in [0.25, 0.3) is 0 Å². The quantitative estimate of drug-likeness (QED) is 0.842. The maximum Gasteiger partial charge on any atom is 0.324 e. The maximum atomic E-state index is 11.6. The Balaban J connectivity index is 2.96. The van der Waals surface area contributed by atoms with Gasteiger partial charge in [-0.15, -0.1) is 0 Å². The molecule has 0 bridgehead atoms. The predicted molar refractivity (Wildman–Crippen MR) is 73.6 cm³/mol. The summed E-state index contributed by atoms with van der Waals surface area (Å²) in [6.45, 7) is 6.60. The van der Waals surface area contributed by atoms with Gasteiger partial charge in [-0.1, -0.05) is 38.1 Å². The van der Waals surface area contributed by atoms with E-state index in [0.717, 1.165) is 0 Å². The summed E-state index contributed by atoms with van der Waals surface area (Å²) in [5.74, 6) is -0.733. The van der Waals surface area contributed by atoms with E-state index in [-0.39, 0.29) is 0 Å². The Labute approximate surface area is 109 Å². The van der Waals surface area contributed by atoms with Gasteiger partial charge in [-0.2, -0.15) is 0 Å². The summed E-state index contributed by atoms with van der Waals surface area (Å²) in [5, 5.41) is 9.50. The molecular weight excluding hydrogens is 226 g/mol. The summed E-state index contributed by atoms with van der Waals surface area (Å²) in [7, 11) is 1.90. The van der Waals surface area contributed by atoms with Crippen LogP contribution in [-0.2, 0) is 11.3 Å². The maximum absolute atomic E-state index is 11.6. The number of aliphatic carboxylic acids is 1. The fraction of sp³-hybridized carbons (Fsp3) is 0.533. The number of hydrogen-bond donors (Lipinski definition) is 1. The van der Waals surface area contributed by atoms with Crippen molar-refractivity contribution in [3.8, 4) is 0 Å². The van der Waals surface area contributed by atoms with Gasteiger partial charge < -0.3 is 5.11 Å². The lowest BCUT2D eigenvalue weighted by molar-refractivity contribution is -0.151. The average molecular weight is 249 g/mol. The number of likely N-dealkylation sites (N-methyl/N-ethyl adjacent to an activating group) is 1. The van der Waals surface area contributed by atoms with E-state index >= 15 is 0 Å². The molecule has 0 saturated carbocycles. The Morgan fingerprint density at radius 2 is 1.83 bits per heavy atom. The van der Waals surface area contributed by atoms with Crippen LogP contribution in [0.5, 0.6) is 0 Å². The lowest BCUT2D eigenvalue weighted by Crippen LogP contribution is -2.51. The SMILES string of the molecule is CCC(CC)(C(=O)O)N(C)Cc1ccccc1C. The summed E-state index contributed by atoms with van der Waals surface area (Å²) >= 11 is 0. The molecule has 0 fully saturated rings. The number of benzene rings is 1. The minimum Gasteiger partial charge on any atom is -0.480 e. The molecule has 0 atom stereocenters. The molecule has 0 saturated heterocycles. The van der Waals surface area contributed by atoms with Crippen molar-refractivity contribution >= 4 is 5.97 Å². The lowest BCUT2D eigenvalue weighted by atomic mass is 9.90. The molecule has 0 aliphatic heterocycles. The fourth-order valence-electron chi connectivity index (χ4n) is 2.45. The fourth-order valence-corrected chi connectivity index (χ4v) is 2.45. The summed E-state index contributed by atoms with van der Waals surface area (Å²) in [4.78, 5) is 13.5. The minimum atomic E-state index is -0.762. The molecule has 0 unspecified atom stereocenters. The highest BCUT2D eigenvalue weighted by Crippen LogP contribution is 2.25. The molecule has 0 heterocycles. The zero-order valence-electron chi connectivity index (χ0n) is 11.7. The lowest BCUT2D eigenvalue weighted by Gasteiger charge is -2.37. The molecule has 1 aromatic rings. The zero-order valence-corrected chi connectivity index (χ0v) is 11.7. The van der Waals surface area contributed by atoms with Gasteiger partial charge in [0.05, 0.1) is 0 Å². The smallest absolute Gasteiger partial charge is 0.324 e. The number of hydrogen-bond acceptors (Lipinski definition) is 2. The van der Waals surface area contributed by atoms with Crippen LogP contribution in [0.2, 0.25) is 0 Å². The summed E-state index contributed by atoms with van der Waals surface area (Å²) in [5.41, 5.74) is 1.63. The normalized spacial score (nSPS) is 11.8. The zero-order chi connectivity index (χ0) is 13.8. The topological polar surface area (TPSA) is 40.5 Å². The van der Waals surface area contributed by atoms with Gasteiger partial charge in [-0.05, 0) is 37.9 Å². The van der Waals surface area contributed by atoms with E-state index in [1.165, 1.54) is 11.1 Å². The van der Waals surface area contributed by atoms with E-state index in [2.05, 4.69) is 19.1 Å². The predicted octanol–water partition coefficient (Wildman–Crippen LogP) is 3.07. The summed E-state index contributed by atoms with van der Waals surface area (Å²) in [6.07, 6.45) is 1.22. The van der Waals surface area contributed by atoms with E-state index < -0.39 is 11.5 Å². The second-order valence-electron chi connectivity index (χ2n) is 4.83. The van der Waals surface area contributed by atoms with Gasteiger partial charge in [0.25, 0.3) is 0 Å². The number of rotatable bonds is 6. The van der Waals surface area contributed by atoms with E-state index in [0.29, 0.717) is 19.4 Å². The minimum absolute atomic E-state index is 0.612. The highest BCUT2D eigenvalue weighted by atomic mass is 16.4. The summed E-state index contributed by atoms with van der Waals surface area (Å²) < 4.78 is 0. The van der Waals surface area contributed by atoms with Crippen molar-refractivity contribution < 1.29 is 9.90 Å². The molecule has 0 amide bonds. The molecule has 0 aliphatic carbocycles. The molecule has 18 heavy (non-hydrogen) atoms. The molecule has 100 valence electrons. The third-order valence-electron chi connectivity index (χ3n) is 3.97. The molecule has 0 radical (unpaired) electrons. The monoisotopic (exact) mass is 249 g/mol. The Hall–Kier alpha value is -1.35. The molecule has 0 spiro atoms. The Bertz CT molecular complexity index is 411. The third kappa shape index (κ3) is 2.72. The van der Waals surface area contributed by atoms with E-state index in [9.17, 15) is 9.90 Å². The highest BCUT2D eigenvalue weighted by Gasteiger charge is 2.38. The largest absolute Gasteiger partial charge is 0.480 e. The molecule has 0 aliphatic rings. The van der Waals surface area contributed by atoms with Gasteiger partial charge in [0.2, 0.25) is 0 Å². The highest BCUT2D eigenvalue weighted by molar-refractivity contribution is 5.78. The second-order valence-corrected chi connectivity index (χ2v) is 4.83. The van der Waals surface area contributed by atoms with Gasteiger partial charge in [0.1, 0.15) is 5.54 Å². The van der Waals surface area contributed by atoms with Gasteiger partial charge in [0.15, 0.2) is 0 Å². The average Bonchev–Trinajstić information content (AvgIpc) is 2.34. The van der Waals surface area contributed by atoms with Crippen molar-refractivity contribution in [1.82, 2.24) is 4.90 Å².